The maximum Gasteiger partial charge on any atom is 0.296 e. The molecule has 0 spiro atoms. The van der Waals surface area contributed by atoms with Gasteiger partial charge in [0.2, 0.25) is 0 Å². The minimum Gasteiger partial charge on any atom is -0.371 e. The van der Waals surface area contributed by atoms with Crippen LogP contribution in [0.1, 0.15) is 39.4 Å². The first-order chi connectivity index (χ1) is 8.30. The van der Waals surface area contributed by atoms with Gasteiger partial charge in [-0.2, -0.15) is 0 Å². The molecule has 1 aromatic rings. The maximum atomic E-state index is 11.4. The Kier molecular flexibility index (Phi) is 4.74. The van der Waals surface area contributed by atoms with Gasteiger partial charge in [0.1, 0.15) is 5.60 Å². The topological polar surface area (TPSA) is 74.1 Å². The van der Waals surface area contributed by atoms with Crippen molar-refractivity contribution in [1.29, 1.82) is 0 Å². The molecule has 1 unspecified atom stereocenters. The summed E-state index contributed by atoms with van der Waals surface area (Å²) in [5, 5.41) is 7.40. The molecule has 0 fully saturated rings. The van der Waals surface area contributed by atoms with Crippen LogP contribution in [-0.4, -0.2) is 30.3 Å². The SMILES string of the molecule is CCCn1c(C(C)(CC)OC)nnc1S(=O)(=O)Cl. The van der Waals surface area contributed by atoms with Crippen LogP contribution in [-0.2, 0) is 25.9 Å². The van der Waals surface area contributed by atoms with Crippen molar-refractivity contribution in [2.24, 2.45) is 0 Å². The van der Waals surface area contributed by atoms with Gasteiger partial charge in [-0.25, -0.2) is 8.42 Å². The Morgan fingerprint density at radius 3 is 2.39 bits per heavy atom. The lowest BCUT2D eigenvalue weighted by atomic mass is 10.0. The molecule has 18 heavy (non-hydrogen) atoms. The zero-order valence-corrected chi connectivity index (χ0v) is 12.5. The summed E-state index contributed by atoms with van der Waals surface area (Å²) in [6.07, 6.45) is 1.39. The van der Waals surface area contributed by atoms with Crippen LogP contribution in [0.5, 0.6) is 0 Å². The number of ether oxygens (including phenoxy) is 1. The lowest BCUT2D eigenvalue weighted by Crippen LogP contribution is -2.28. The standard InChI is InChI=1S/C10H18ClN3O3S/c1-5-7-14-8(10(3,6-2)17-4)12-13-9(14)18(11,15)16/h5-7H2,1-4H3. The minimum absolute atomic E-state index is 0.224. The van der Waals surface area contributed by atoms with E-state index in [9.17, 15) is 8.42 Å². The molecule has 0 aliphatic carbocycles. The van der Waals surface area contributed by atoms with Crippen molar-refractivity contribution in [2.45, 2.75) is 50.9 Å². The Labute approximate surface area is 112 Å². The fourth-order valence-electron chi connectivity index (χ4n) is 1.68. The highest BCUT2D eigenvalue weighted by molar-refractivity contribution is 8.13. The van der Waals surface area contributed by atoms with Crippen molar-refractivity contribution < 1.29 is 13.2 Å². The zero-order chi connectivity index (χ0) is 14.0. The number of aromatic nitrogens is 3. The monoisotopic (exact) mass is 295 g/mol. The van der Waals surface area contributed by atoms with Crippen molar-refractivity contribution >= 4 is 19.7 Å². The highest BCUT2D eigenvalue weighted by Crippen LogP contribution is 2.29. The molecule has 0 aromatic carbocycles. The van der Waals surface area contributed by atoms with Crippen molar-refractivity contribution in [2.75, 3.05) is 7.11 Å². The normalized spacial score (nSPS) is 15.6. The molecule has 6 nitrogen and oxygen atoms in total. The molecule has 0 saturated carbocycles. The van der Waals surface area contributed by atoms with Gasteiger partial charge in [0, 0.05) is 24.3 Å². The molecule has 8 heteroatoms. The molecule has 1 aromatic heterocycles. The number of hydrogen-bond donors (Lipinski definition) is 0. The second-order valence-electron chi connectivity index (χ2n) is 4.18. The predicted octanol–water partition coefficient (Wildman–Crippen LogP) is 1.89. The van der Waals surface area contributed by atoms with Crippen molar-refractivity contribution in [3.63, 3.8) is 0 Å². The van der Waals surface area contributed by atoms with E-state index in [4.69, 9.17) is 15.4 Å². The van der Waals surface area contributed by atoms with E-state index in [0.29, 0.717) is 18.8 Å². The number of methoxy groups -OCH3 is 1. The van der Waals surface area contributed by atoms with Gasteiger partial charge in [0.05, 0.1) is 0 Å². The van der Waals surface area contributed by atoms with Gasteiger partial charge in [0.15, 0.2) is 5.82 Å². The highest BCUT2D eigenvalue weighted by atomic mass is 35.7. The Bertz CT molecular complexity index is 508. The van der Waals surface area contributed by atoms with Crippen molar-refractivity contribution in [3.8, 4) is 0 Å². The first-order valence-electron chi connectivity index (χ1n) is 5.73. The summed E-state index contributed by atoms with van der Waals surface area (Å²) in [5.41, 5.74) is -0.679. The second-order valence-corrected chi connectivity index (χ2v) is 6.64. The van der Waals surface area contributed by atoms with Crippen molar-refractivity contribution in [1.82, 2.24) is 14.8 Å². The lowest BCUT2D eigenvalue weighted by molar-refractivity contribution is -0.0125. The summed E-state index contributed by atoms with van der Waals surface area (Å²) in [6.45, 7) is 6.18. The van der Waals surface area contributed by atoms with Crippen molar-refractivity contribution in [3.05, 3.63) is 5.82 Å². The lowest BCUT2D eigenvalue weighted by Gasteiger charge is -2.26. The molecule has 0 amide bonds. The van der Waals surface area contributed by atoms with E-state index in [1.165, 1.54) is 4.57 Å². The van der Waals surface area contributed by atoms with Gasteiger partial charge in [-0.15, -0.1) is 10.2 Å². The fourth-order valence-corrected chi connectivity index (χ4v) is 2.60. The van der Waals surface area contributed by atoms with Gasteiger partial charge in [-0.3, -0.25) is 4.57 Å². The van der Waals surface area contributed by atoms with Crippen LogP contribution >= 0.6 is 10.7 Å². The third-order valence-electron chi connectivity index (χ3n) is 2.98. The average molecular weight is 296 g/mol. The summed E-state index contributed by atoms with van der Waals surface area (Å²) in [6, 6.07) is 0. The van der Waals surface area contributed by atoms with Crippen LogP contribution in [0.25, 0.3) is 0 Å². The van der Waals surface area contributed by atoms with Gasteiger partial charge in [-0.05, 0) is 19.8 Å². The van der Waals surface area contributed by atoms with Crippen LogP contribution in [0.4, 0.5) is 0 Å². The minimum atomic E-state index is -3.91. The number of hydrogen-bond acceptors (Lipinski definition) is 5. The largest absolute Gasteiger partial charge is 0.371 e. The number of halogens is 1. The van der Waals surface area contributed by atoms with Gasteiger partial charge in [0.25, 0.3) is 14.2 Å². The van der Waals surface area contributed by atoms with E-state index >= 15 is 0 Å². The highest BCUT2D eigenvalue weighted by Gasteiger charge is 2.33. The molecule has 0 saturated heterocycles. The molecule has 0 radical (unpaired) electrons. The second kappa shape index (κ2) is 5.54. The summed E-state index contributed by atoms with van der Waals surface area (Å²) in [4.78, 5) is 0. The molecule has 0 aliphatic rings. The van der Waals surface area contributed by atoms with Crippen LogP contribution < -0.4 is 0 Å². The molecule has 1 heterocycles. The Morgan fingerprint density at radius 2 is 2.00 bits per heavy atom. The van der Waals surface area contributed by atoms with Crippen LogP contribution in [0, 0.1) is 0 Å². The maximum absolute atomic E-state index is 11.4. The van der Waals surface area contributed by atoms with Gasteiger partial charge >= 0.3 is 0 Å². The zero-order valence-electron chi connectivity index (χ0n) is 11.0. The fraction of sp³-hybridized carbons (Fsp3) is 0.800. The summed E-state index contributed by atoms with van der Waals surface area (Å²) in [7, 11) is 3.01. The third-order valence-corrected chi connectivity index (χ3v) is 4.13. The molecule has 0 N–H and O–H groups in total. The Morgan fingerprint density at radius 1 is 1.39 bits per heavy atom. The third kappa shape index (κ3) is 2.84. The Hall–Kier alpha value is -0.660. The average Bonchev–Trinajstić information content (AvgIpc) is 2.73. The molecule has 1 rings (SSSR count). The van der Waals surface area contributed by atoms with E-state index in [2.05, 4.69) is 10.2 Å². The number of rotatable bonds is 6. The predicted molar refractivity (Wildman–Crippen MR) is 68.0 cm³/mol. The summed E-state index contributed by atoms with van der Waals surface area (Å²) >= 11 is 0. The van der Waals surface area contributed by atoms with E-state index in [1.54, 1.807) is 7.11 Å². The quantitative estimate of drug-likeness (QED) is 0.749. The molecule has 0 bridgehead atoms. The van der Waals surface area contributed by atoms with E-state index < -0.39 is 14.7 Å². The van der Waals surface area contributed by atoms with Gasteiger partial charge in [-0.1, -0.05) is 13.8 Å². The molecular weight excluding hydrogens is 278 g/mol. The number of nitrogens with zero attached hydrogens (tertiary/aromatic N) is 3. The molecule has 1 atom stereocenters. The van der Waals surface area contributed by atoms with Gasteiger partial charge < -0.3 is 4.74 Å². The first-order valence-corrected chi connectivity index (χ1v) is 8.04. The Balaban J connectivity index is 3.43. The molecular formula is C10H18ClN3O3S. The molecule has 0 aliphatic heterocycles. The molecule has 104 valence electrons. The van der Waals surface area contributed by atoms with E-state index in [0.717, 1.165) is 6.42 Å². The first kappa shape index (κ1) is 15.4. The van der Waals surface area contributed by atoms with E-state index in [1.807, 2.05) is 20.8 Å². The summed E-state index contributed by atoms with van der Waals surface area (Å²) in [5.74, 6) is 0.480. The van der Waals surface area contributed by atoms with Crippen LogP contribution in [0.3, 0.4) is 0 Å². The van der Waals surface area contributed by atoms with E-state index in [-0.39, 0.29) is 5.16 Å². The summed E-state index contributed by atoms with van der Waals surface area (Å²) < 4.78 is 29.8. The smallest absolute Gasteiger partial charge is 0.296 e. The van der Waals surface area contributed by atoms with Crippen LogP contribution in [0.2, 0.25) is 0 Å². The van der Waals surface area contributed by atoms with Crippen LogP contribution in [0.15, 0.2) is 5.16 Å².